The number of hydrogen-bond acceptors (Lipinski definition) is 3. The molecule has 1 aromatic carbocycles. The van der Waals surface area contributed by atoms with Crippen LogP contribution in [-0.4, -0.2) is 34.5 Å². The van der Waals surface area contributed by atoms with Gasteiger partial charge < -0.3 is 14.3 Å². The lowest BCUT2D eigenvalue weighted by Gasteiger charge is -2.15. The van der Waals surface area contributed by atoms with Gasteiger partial charge in [0.25, 0.3) is 0 Å². The molecule has 3 heterocycles. The van der Waals surface area contributed by atoms with Crippen LogP contribution < -0.4 is 0 Å². The van der Waals surface area contributed by atoms with Crippen molar-refractivity contribution < 1.29 is 4.42 Å². The van der Waals surface area contributed by atoms with Crippen LogP contribution in [0.4, 0.5) is 0 Å². The summed E-state index contributed by atoms with van der Waals surface area (Å²) in [6, 6.07) is 8.61. The normalized spacial score (nSPS) is 18.9. The van der Waals surface area contributed by atoms with Gasteiger partial charge in [-0.1, -0.05) is 18.2 Å². The standard InChI is InChI=1S/C19H23N3O/c1-14-21-16(13-23-14)5-4-9-22-10-8-15(12-22)18-11-20-19-7-3-2-6-17(18)19/h2-3,6-7,11,13,15,20H,4-5,8-10,12H2,1H3. The Balaban J connectivity index is 1.34. The number of nitrogens with zero attached hydrogens (tertiary/aromatic N) is 2. The first kappa shape index (κ1) is 14.5. The van der Waals surface area contributed by atoms with Crippen molar-refractivity contribution in [2.45, 2.75) is 32.1 Å². The maximum atomic E-state index is 5.27. The Bertz CT molecular complexity index is 789. The van der Waals surface area contributed by atoms with E-state index in [0.29, 0.717) is 5.92 Å². The molecule has 1 unspecified atom stereocenters. The molecule has 1 N–H and O–H groups in total. The Kier molecular flexibility index (Phi) is 3.92. The Morgan fingerprint density at radius 3 is 3.13 bits per heavy atom. The van der Waals surface area contributed by atoms with Gasteiger partial charge in [-0.25, -0.2) is 4.98 Å². The minimum atomic E-state index is 0.653. The van der Waals surface area contributed by atoms with Gasteiger partial charge in [-0.2, -0.15) is 0 Å². The number of nitrogens with one attached hydrogen (secondary N) is 1. The van der Waals surface area contributed by atoms with Gasteiger partial charge in [0, 0.05) is 30.6 Å². The van der Waals surface area contributed by atoms with Crippen LogP contribution in [0.3, 0.4) is 0 Å². The Morgan fingerprint density at radius 1 is 1.35 bits per heavy atom. The quantitative estimate of drug-likeness (QED) is 0.778. The second kappa shape index (κ2) is 6.20. The van der Waals surface area contributed by atoms with E-state index >= 15 is 0 Å². The molecule has 120 valence electrons. The molecule has 1 aliphatic rings. The van der Waals surface area contributed by atoms with Crippen LogP contribution in [0.1, 0.15) is 35.9 Å². The molecule has 2 aromatic heterocycles. The largest absolute Gasteiger partial charge is 0.449 e. The molecular formula is C19H23N3O. The zero-order valence-corrected chi connectivity index (χ0v) is 13.6. The summed E-state index contributed by atoms with van der Waals surface area (Å²) in [5.74, 6) is 1.42. The van der Waals surface area contributed by atoms with Gasteiger partial charge >= 0.3 is 0 Å². The fraction of sp³-hybridized carbons (Fsp3) is 0.421. The van der Waals surface area contributed by atoms with E-state index in [-0.39, 0.29) is 0 Å². The molecule has 1 saturated heterocycles. The number of rotatable bonds is 5. The van der Waals surface area contributed by atoms with Crippen LogP contribution in [0.2, 0.25) is 0 Å². The zero-order valence-electron chi connectivity index (χ0n) is 13.6. The maximum Gasteiger partial charge on any atom is 0.191 e. The van der Waals surface area contributed by atoms with Crippen LogP contribution in [-0.2, 0) is 6.42 Å². The highest BCUT2D eigenvalue weighted by Gasteiger charge is 2.25. The summed E-state index contributed by atoms with van der Waals surface area (Å²) in [6.07, 6.45) is 7.40. The molecule has 3 aromatic rings. The second-order valence-corrected chi connectivity index (χ2v) is 6.54. The van der Waals surface area contributed by atoms with Gasteiger partial charge in [-0.15, -0.1) is 0 Å². The number of para-hydroxylation sites is 1. The van der Waals surface area contributed by atoms with Crippen molar-refractivity contribution in [1.82, 2.24) is 14.9 Å². The van der Waals surface area contributed by atoms with E-state index in [9.17, 15) is 0 Å². The number of likely N-dealkylation sites (tertiary alicyclic amines) is 1. The van der Waals surface area contributed by atoms with Crippen molar-refractivity contribution in [3.63, 3.8) is 0 Å². The van der Waals surface area contributed by atoms with Crippen LogP contribution in [0, 0.1) is 6.92 Å². The summed E-state index contributed by atoms with van der Waals surface area (Å²) < 4.78 is 5.27. The number of H-pyrrole nitrogens is 1. The third-order valence-electron chi connectivity index (χ3n) is 4.91. The summed E-state index contributed by atoms with van der Waals surface area (Å²) in [6.45, 7) is 5.40. The number of aryl methyl sites for hydroxylation is 2. The van der Waals surface area contributed by atoms with Crippen LogP contribution in [0.15, 0.2) is 41.1 Å². The molecule has 23 heavy (non-hydrogen) atoms. The molecule has 1 aliphatic heterocycles. The highest BCUT2D eigenvalue weighted by Crippen LogP contribution is 2.32. The van der Waals surface area contributed by atoms with Crippen LogP contribution >= 0.6 is 0 Å². The Hall–Kier alpha value is -2.07. The first-order chi connectivity index (χ1) is 11.3. The summed E-state index contributed by atoms with van der Waals surface area (Å²) in [5, 5.41) is 1.39. The minimum absolute atomic E-state index is 0.653. The van der Waals surface area contributed by atoms with E-state index in [2.05, 4.69) is 45.3 Å². The van der Waals surface area contributed by atoms with Crippen molar-refractivity contribution in [3.05, 3.63) is 53.9 Å². The lowest BCUT2D eigenvalue weighted by Crippen LogP contribution is -2.22. The highest BCUT2D eigenvalue weighted by atomic mass is 16.3. The van der Waals surface area contributed by atoms with Gasteiger partial charge in [0.05, 0.1) is 5.69 Å². The Labute approximate surface area is 136 Å². The maximum absolute atomic E-state index is 5.27. The zero-order chi connectivity index (χ0) is 15.6. The third kappa shape index (κ3) is 3.04. The molecule has 0 aliphatic carbocycles. The molecule has 1 atom stereocenters. The summed E-state index contributed by atoms with van der Waals surface area (Å²) >= 11 is 0. The Morgan fingerprint density at radius 2 is 2.26 bits per heavy atom. The average molecular weight is 309 g/mol. The van der Waals surface area contributed by atoms with Crippen LogP contribution in [0.5, 0.6) is 0 Å². The van der Waals surface area contributed by atoms with Crippen LogP contribution in [0.25, 0.3) is 10.9 Å². The highest BCUT2D eigenvalue weighted by molar-refractivity contribution is 5.83. The molecule has 1 fully saturated rings. The van der Waals surface area contributed by atoms with Gasteiger partial charge in [-0.3, -0.25) is 0 Å². The first-order valence-corrected chi connectivity index (χ1v) is 8.49. The van der Waals surface area contributed by atoms with E-state index in [0.717, 1.165) is 31.0 Å². The predicted molar refractivity (Wildman–Crippen MR) is 91.7 cm³/mol. The van der Waals surface area contributed by atoms with E-state index in [4.69, 9.17) is 4.42 Å². The fourth-order valence-corrected chi connectivity index (χ4v) is 3.73. The molecule has 0 saturated carbocycles. The molecule has 4 rings (SSSR count). The van der Waals surface area contributed by atoms with Gasteiger partial charge in [0.2, 0.25) is 0 Å². The molecule has 0 spiro atoms. The molecule has 4 nitrogen and oxygen atoms in total. The second-order valence-electron chi connectivity index (χ2n) is 6.54. The smallest absolute Gasteiger partial charge is 0.191 e. The first-order valence-electron chi connectivity index (χ1n) is 8.49. The summed E-state index contributed by atoms with van der Waals surface area (Å²) in [7, 11) is 0. The monoisotopic (exact) mass is 309 g/mol. The van der Waals surface area contributed by atoms with E-state index in [1.54, 1.807) is 6.26 Å². The number of aromatic amines is 1. The fourth-order valence-electron chi connectivity index (χ4n) is 3.73. The number of aromatic nitrogens is 2. The summed E-state index contributed by atoms with van der Waals surface area (Å²) in [5.41, 5.74) is 3.81. The number of benzene rings is 1. The SMILES string of the molecule is Cc1nc(CCCN2CCC(c3c[nH]c4ccccc34)C2)co1. The van der Waals surface area contributed by atoms with Gasteiger partial charge in [-0.05, 0) is 49.9 Å². The lowest BCUT2D eigenvalue weighted by molar-refractivity contribution is 0.329. The topological polar surface area (TPSA) is 45.1 Å². The van der Waals surface area contributed by atoms with E-state index < -0.39 is 0 Å². The van der Waals surface area contributed by atoms with Gasteiger partial charge in [0.15, 0.2) is 5.89 Å². The van der Waals surface area contributed by atoms with Crippen molar-refractivity contribution in [1.29, 1.82) is 0 Å². The van der Waals surface area contributed by atoms with Crippen molar-refractivity contribution in [2.24, 2.45) is 0 Å². The van der Waals surface area contributed by atoms with Gasteiger partial charge in [0.1, 0.15) is 6.26 Å². The van der Waals surface area contributed by atoms with Crippen molar-refractivity contribution in [2.75, 3.05) is 19.6 Å². The molecule has 0 bridgehead atoms. The minimum Gasteiger partial charge on any atom is -0.449 e. The van der Waals surface area contributed by atoms with E-state index in [1.807, 2.05) is 6.92 Å². The molecule has 0 radical (unpaired) electrons. The number of fused-ring (bicyclic) bond motifs is 1. The van der Waals surface area contributed by atoms with E-state index in [1.165, 1.54) is 36.0 Å². The van der Waals surface area contributed by atoms with Crippen molar-refractivity contribution in [3.8, 4) is 0 Å². The predicted octanol–water partition coefficient (Wildman–Crippen LogP) is 3.89. The average Bonchev–Trinajstić information content (AvgIpc) is 3.27. The van der Waals surface area contributed by atoms with Crippen molar-refractivity contribution >= 4 is 10.9 Å². The lowest BCUT2D eigenvalue weighted by atomic mass is 9.98. The number of hydrogen-bond donors (Lipinski definition) is 1. The molecular weight excluding hydrogens is 286 g/mol. The molecule has 0 amide bonds. The number of oxazole rings is 1. The molecule has 4 heteroatoms. The summed E-state index contributed by atoms with van der Waals surface area (Å²) in [4.78, 5) is 10.4. The third-order valence-corrected chi connectivity index (χ3v) is 4.91.